The monoisotopic (exact) mass is 353 g/mol. The molecule has 23 heavy (non-hydrogen) atoms. The van der Waals surface area contributed by atoms with E-state index in [0.717, 1.165) is 11.1 Å². The molecule has 0 aliphatic rings. The first kappa shape index (κ1) is 17.3. The quantitative estimate of drug-likeness (QED) is 0.766. The van der Waals surface area contributed by atoms with Crippen LogP contribution < -0.4 is 15.8 Å². The molecule has 0 bridgehead atoms. The lowest BCUT2D eigenvalue weighted by molar-refractivity contribution is 0.240. The number of benzene rings is 2. The Balaban J connectivity index is 1.81. The van der Waals surface area contributed by atoms with E-state index in [1.54, 1.807) is 24.3 Å². The summed E-state index contributed by atoms with van der Waals surface area (Å²) in [5, 5.41) is 11.1. The summed E-state index contributed by atoms with van der Waals surface area (Å²) in [6.45, 7) is 0.657. The SMILES string of the molecule is NS(=O)(=O)c1ccc(CNC(=O)NCc2ccc(Cl)cc2)cc1. The fraction of sp³-hybridized carbons (Fsp3) is 0.133. The standard InChI is InChI=1S/C15H16ClN3O3S/c16-13-5-1-11(2-6-13)9-18-15(20)19-10-12-3-7-14(8-4-12)23(17,21)22/h1-8H,9-10H2,(H2,17,21,22)(H2,18,19,20). The van der Waals surface area contributed by atoms with Gasteiger partial charge in [0.25, 0.3) is 0 Å². The average Bonchev–Trinajstić information content (AvgIpc) is 2.52. The van der Waals surface area contributed by atoms with Crippen molar-refractivity contribution in [2.24, 2.45) is 5.14 Å². The summed E-state index contributed by atoms with van der Waals surface area (Å²) in [4.78, 5) is 11.8. The van der Waals surface area contributed by atoms with Crippen molar-refractivity contribution in [1.82, 2.24) is 10.6 Å². The Labute approximate surface area is 139 Å². The second-order valence-electron chi connectivity index (χ2n) is 4.85. The summed E-state index contributed by atoms with van der Waals surface area (Å²) < 4.78 is 22.3. The summed E-state index contributed by atoms with van der Waals surface area (Å²) in [6.07, 6.45) is 0. The van der Waals surface area contributed by atoms with Crippen LogP contribution in [0.4, 0.5) is 4.79 Å². The smallest absolute Gasteiger partial charge is 0.315 e. The molecule has 0 fully saturated rings. The number of hydrogen-bond acceptors (Lipinski definition) is 3. The van der Waals surface area contributed by atoms with E-state index in [0.29, 0.717) is 11.6 Å². The van der Waals surface area contributed by atoms with E-state index in [-0.39, 0.29) is 17.5 Å². The highest BCUT2D eigenvalue weighted by Gasteiger charge is 2.07. The molecule has 0 radical (unpaired) electrons. The molecule has 2 aromatic carbocycles. The van der Waals surface area contributed by atoms with Gasteiger partial charge in [0.15, 0.2) is 0 Å². The normalized spacial score (nSPS) is 11.0. The van der Waals surface area contributed by atoms with Gasteiger partial charge in [0, 0.05) is 18.1 Å². The molecule has 0 aliphatic heterocycles. The number of nitrogens with one attached hydrogen (secondary N) is 2. The minimum atomic E-state index is -3.70. The molecule has 0 saturated heterocycles. The second-order valence-corrected chi connectivity index (χ2v) is 6.85. The van der Waals surface area contributed by atoms with Gasteiger partial charge in [-0.15, -0.1) is 0 Å². The highest BCUT2D eigenvalue weighted by molar-refractivity contribution is 7.89. The number of sulfonamides is 1. The number of halogens is 1. The summed E-state index contributed by atoms with van der Waals surface area (Å²) in [5.74, 6) is 0. The molecule has 4 N–H and O–H groups in total. The largest absolute Gasteiger partial charge is 0.334 e. The Morgan fingerprint density at radius 1 is 0.913 bits per heavy atom. The Hall–Kier alpha value is -2.09. The molecule has 0 saturated carbocycles. The van der Waals surface area contributed by atoms with Gasteiger partial charge in [-0.3, -0.25) is 0 Å². The molecule has 2 rings (SSSR count). The highest BCUT2D eigenvalue weighted by atomic mass is 35.5. The van der Waals surface area contributed by atoms with Gasteiger partial charge in [-0.1, -0.05) is 35.9 Å². The molecule has 2 aromatic rings. The van der Waals surface area contributed by atoms with E-state index in [4.69, 9.17) is 16.7 Å². The number of carbonyl (C=O) groups excluding carboxylic acids is 1. The number of carbonyl (C=O) groups is 1. The molecular formula is C15H16ClN3O3S. The van der Waals surface area contributed by atoms with Crippen molar-refractivity contribution in [1.29, 1.82) is 0 Å². The maximum atomic E-state index is 11.7. The van der Waals surface area contributed by atoms with Gasteiger partial charge < -0.3 is 10.6 Å². The van der Waals surface area contributed by atoms with Crippen LogP contribution in [-0.2, 0) is 23.1 Å². The average molecular weight is 354 g/mol. The van der Waals surface area contributed by atoms with Crippen molar-refractivity contribution >= 4 is 27.7 Å². The van der Waals surface area contributed by atoms with Crippen molar-refractivity contribution < 1.29 is 13.2 Å². The fourth-order valence-electron chi connectivity index (χ4n) is 1.83. The summed E-state index contributed by atoms with van der Waals surface area (Å²) in [5.41, 5.74) is 1.70. The summed E-state index contributed by atoms with van der Waals surface area (Å²) in [6, 6.07) is 12.8. The lowest BCUT2D eigenvalue weighted by atomic mass is 10.2. The molecule has 6 nitrogen and oxygen atoms in total. The number of primary sulfonamides is 1. The van der Waals surface area contributed by atoms with Crippen LogP contribution in [-0.4, -0.2) is 14.4 Å². The minimum Gasteiger partial charge on any atom is -0.334 e. The van der Waals surface area contributed by atoms with Crippen LogP contribution >= 0.6 is 11.6 Å². The van der Waals surface area contributed by atoms with E-state index in [1.165, 1.54) is 12.1 Å². The molecule has 0 spiro atoms. The number of nitrogens with two attached hydrogens (primary N) is 1. The van der Waals surface area contributed by atoms with E-state index in [9.17, 15) is 13.2 Å². The highest BCUT2D eigenvalue weighted by Crippen LogP contribution is 2.09. The van der Waals surface area contributed by atoms with Crippen molar-refractivity contribution in [3.63, 3.8) is 0 Å². The molecule has 0 aliphatic carbocycles. The molecule has 0 unspecified atom stereocenters. The Morgan fingerprint density at radius 2 is 1.35 bits per heavy atom. The van der Waals surface area contributed by atoms with Gasteiger partial charge in [0.1, 0.15) is 0 Å². The third kappa shape index (κ3) is 5.55. The van der Waals surface area contributed by atoms with Gasteiger partial charge in [0.05, 0.1) is 4.90 Å². The molecule has 8 heteroatoms. The van der Waals surface area contributed by atoms with Crippen LogP contribution in [0.3, 0.4) is 0 Å². The molecule has 122 valence electrons. The van der Waals surface area contributed by atoms with Gasteiger partial charge >= 0.3 is 6.03 Å². The number of amides is 2. The zero-order valence-electron chi connectivity index (χ0n) is 12.1. The molecule has 0 heterocycles. The van der Waals surface area contributed by atoms with Crippen LogP contribution in [0.2, 0.25) is 5.02 Å². The maximum absolute atomic E-state index is 11.7. The third-order valence-corrected chi connectivity index (χ3v) is 4.25. The molecule has 2 amide bonds. The fourth-order valence-corrected chi connectivity index (χ4v) is 2.47. The number of urea groups is 1. The second kappa shape index (κ2) is 7.45. The van der Waals surface area contributed by atoms with Crippen LogP contribution in [0.5, 0.6) is 0 Å². The first-order valence-corrected chi connectivity index (χ1v) is 8.65. The van der Waals surface area contributed by atoms with Crippen LogP contribution in [0, 0.1) is 0 Å². The van der Waals surface area contributed by atoms with Gasteiger partial charge in [-0.25, -0.2) is 18.4 Å². The van der Waals surface area contributed by atoms with Gasteiger partial charge in [-0.05, 0) is 35.4 Å². The van der Waals surface area contributed by atoms with Crippen LogP contribution in [0.1, 0.15) is 11.1 Å². The third-order valence-electron chi connectivity index (χ3n) is 3.07. The predicted molar refractivity (Wildman–Crippen MR) is 88.3 cm³/mol. The van der Waals surface area contributed by atoms with Gasteiger partial charge in [-0.2, -0.15) is 0 Å². The first-order valence-electron chi connectivity index (χ1n) is 6.72. The molecule has 0 aromatic heterocycles. The summed E-state index contributed by atoms with van der Waals surface area (Å²) in [7, 11) is -3.70. The van der Waals surface area contributed by atoms with Crippen molar-refractivity contribution in [3.05, 3.63) is 64.7 Å². The molecular weight excluding hydrogens is 338 g/mol. The van der Waals surface area contributed by atoms with Crippen LogP contribution in [0.25, 0.3) is 0 Å². The summed E-state index contributed by atoms with van der Waals surface area (Å²) >= 11 is 5.79. The minimum absolute atomic E-state index is 0.0356. The predicted octanol–water partition coefficient (Wildman–Crippen LogP) is 1.99. The van der Waals surface area contributed by atoms with E-state index in [1.807, 2.05) is 12.1 Å². The Kier molecular flexibility index (Phi) is 5.59. The van der Waals surface area contributed by atoms with E-state index < -0.39 is 10.0 Å². The first-order chi connectivity index (χ1) is 10.8. The molecule has 0 atom stereocenters. The number of hydrogen-bond donors (Lipinski definition) is 3. The van der Waals surface area contributed by atoms with E-state index in [2.05, 4.69) is 10.6 Å². The lowest BCUT2D eigenvalue weighted by Gasteiger charge is -2.08. The Morgan fingerprint density at radius 3 is 1.78 bits per heavy atom. The Bertz CT molecular complexity index is 775. The van der Waals surface area contributed by atoms with E-state index >= 15 is 0 Å². The topological polar surface area (TPSA) is 101 Å². The van der Waals surface area contributed by atoms with Crippen LogP contribution in [0.15, 0.2) is 53.4 Å². The number of rotatable bonds is 5. The van der Waals surface area contributed by atoms with Gasteiger partial charge in [0.2, 0.25) is 10.0 Å². The zero-order chi connectivity index (χ0) is 16.9. The lowest BCUT2D eigenvalue weighted by Crippen LogP contribution is -2.34. The van der Waals surface area contributed by atoms with Crippen molar-refractivity contribution in [3.8, 4) is 0 Å². The zero-order valence-corrected chi connectivity index (χ0v) is 13.7. The van der Waals surface area contributed by atoms with Crippen molar-refractivity contribution in [2.75, 3.05) is 0 Å². The maximum Gasteiger partial charge on any atom is 0.315 e. The van der Waals surface area contributed by atoms with Crippen molar-refractivity contribution in [2.45, 2.75) is 18.0 Å².